The summed E-state index contributed by atoms with van der Waals surface area (Å²) in [6.45, 7) is 16.5. The van der Waals surface area contributed by atoms with Gasteiger partial charge in [0.15, 0.2) is 5.79 Å². The van der Waals surface area contributed by atoms with Gasteiger partial charge < -0.3 is 44.1 Å². The lowest BCUT2D eigenvalue weighted by Gasteiger charge is -2.50. The van der Waals surface area contributed by atoms with Crippen molar-refractivity contribution in [2.75, 3.05) is 14.2 Å². The molecule has 2 heterocycles. The highest BCUT2D eigenvalue weighted by molar-refractivity contribution is 5.90. The highest BCUT2D eigenvalue weighted by Crippen LogP contribution is 2.42. The average molecular weight is 721 g/mol. The van der Waals surface area contributed by atoms with Gasteiger partial charge in [-0.15, -0.1) is 0 Å². The number of aliphatic hydroxyl groups excluding tert-OH is 2. The summed E-state index contributed by atoms with van der Waals surface area (Å²) in [4.78, 5) is 37.1. The first-order valence-corrected chi connectivity index (χ1v) is 17.7. The van der Waals surface area contributed by atoms with Gasteiger partial charge in [0.05, 0.1) is 25.4 Å². The van der Waals surface area contributed by atoms with Gasteiger partial charge in [-0.1, -0.05) is 83.9 Å². The van der Waals surface area contributed by atoms with Gasteiger partial charge in [-0.05, 0) is 38.2 Å². The fourth-order valence-electron chi connectivity index (χ4n) is 7.00. The van der Waals surface area contributed by atoms with Crippen molar-refractivity contribution in [3.05, 3.63) is 59.4 Å². The standard InChI is InChI=1S/C39H60O12/c1-21(2)36-26(7)31(49-33(42)16-15-32(40)41)20-39(46,51-36)28(9)35(44)27(8)37-29(47-10)14-12-13-22(3)17-24(5)34(43)25(6)18-23(4)19-30(48-11)38(45)50-37/h12-16,18-19,21,24-29,31,34-37,43-44,46H,17,20H2,1-11H3,(H,40,41)/t24-,25+,26-,27-,28-,29-,31+,34-,35+,36+,37?,39+/m0/s1. The summed E-state index contributed by atoms with van der Waals surface area (Å²) in [7, 11) is 2.80. The highest BCUT2D eigenvalue weighted by atomic mass is 16.6. The van der Waals surface area contributed by atoms with Crippen molar-refractivity contribution in [2.45, 2.75) is 118 Å². The first-order valence-electron chi connectivity index (χ1n) is 17.7. The summed E-state index contributed by atoms with van der Waals surface area (Å²) in [6.07, 6.45) is 5.37. The van der Waals surface area contributed by atoms with Crippen LogP contribution in [-0.2, 0) is 38.1 Å². The summed E-state index contributed by atoms with van der Waals surface area (Å²) in [5.41, 5.74) is 1.70. The second-order valence-electron chi connectivity index (χ2n) is 14.6. The molecule has 12 atom stereocenters. The number of carbonyl (C=O) groups excluding carboxylic acids is 2. The Morgan fingerprint density at radius 2 is 1.71 bits per heavy atom. The third-order valence-electron chi connectivity index (χ3n) is 10.1. The van der Waals surface area contributed by atoms with Gasteiger partial charge in [-0.2, -0.15) is 0 Å². The van der Waals surface area contributed by atoms with E-state index in [1.165, 1.54) is 20.3 Å². The molecule has 288 valence electrons. The number of hydrogen-bond acceptors (Lipinski definition) is 11. The molecule has 2 aliphatic rings. The Kier molecular flexibility index (Phi) is 16.8. The molecule has 0 aliphatic carbocycles. The molecule has 2 rings (SSSR count). The van der Waals surface area contributed by atoms with Crippen molar-refractivity contribution >= 4 is 17.9 Å². The first kappa shape index (κ1) is 43.9. The maximum absolute atomic E-state index is 13.6. The van der Waals surface area contributed by atoms with Crippen LogP contribution in [0.5, 0.6) is 0 Å². The van der Waals surface area contributed by atoms with Crippen LogP contribution < -0.4 is 0 Å². The Morgan fingerprint density at radius 1 is 1.06 bits per heavy atom. The third kappa shape index (κ3) is 12.1. The molecule has 0 bridgehead atoms. The van der Waals surface area contributed by atoms with Gasteiger partial charge in [0, 0.05) is 49.4 Å². The minimum atomic E-state index is -1.99. The molecular weight excluding hydrogens is 660 g/mol. The van der Waals surface area contributed by atoms with E-state index in [0.29, 0.717) is 18.1 Å². The van der Waals surface area contributed by atoms with Crippen molar-refractivity contribution in [3.8, 4) is 0 Å². The minimum Gasteiger partial charge on any atom is -0.490 e. The quantitative estimate of drug-likeness (QED) is 0.178. The van der Waals surface area contributed by atoms with Crippen LogP contribution in [0, 0.1) is 35.5 Å². The molecule has 51 heavy (non-hydrogen) atoms. The summed E-state index contributed by atoms with van der Waals surface area (Å²) < 4.78 is 29.1. The molecule has 0 amide bonds. The molecule has 0 spiro atoms. The zero-order valence-electron chi connectivity index (χ0n) is 31.9. The molecule has 0 radical (unpaired) electrons. The number of cyclic esters (lactones) is 1. The first-order chi connectivity index (χ1) is 23.8. The maximum Gasteiger partial charge on any atom is 0.373 e. The molecule has 4 N–H and O–H groups in total. The summed E-state index contributed by atoms with van der Waals surface area (Å²) in [5, 5.41) is 43.8. The molecular formula is C39H60O12. The second-order valence-corrected chi connectivity index (χ2v) is 14.6. The van der Waals surface area contributed by atoms with Crippen LogP contribution in [0.3, 0.4) is 0 Å². The molecule has 2 aliphatic heterocycles. The Hall–Kier alpha value is -3.29. The van der Waals surface area contributed by atoms with Crippen LogP contribution in [0.25, 0.3) is 0 Å². The van der Waals surface area contributed by atoms with E-state index in [1.807, 2.05) is 53.7 Å². The number of carbonyl (C=O) groups is 3. The van der Waals surface area contributed by atoms with Gasteiger partial charge in [0.1, 0.15) is 18.3 Å². The predicted octanol–water partition coefficient (Wildman–Crippen LogP) is 4.88. The molecule has 12 nitrogen and oxygen atoms in total. The number of aliphatic hydroxyl groups is 3. The fourth-order valence-corrected chi connectivity index (χ4v) is 7.00. The number of esters is 2. The molecule has 1 unspecified atom stereocenters. The van der Waals surface area contributed by atoms with Gasteiger partial charge in [0.25, 0.3) is 0 Å². The molecule has 12 heteroatoms. The maximum atomic E-state index is 13.6. The lowest BCUT2D eigenvalue weighted by Crippen LogP contribution is -2.59. The fraction of sp³-hybridized carbons (Fsp3) is 0.667. The topological polar surface area (TPSA) is 178 Å². The number of carboxylic acid groups (broad SMARTS) is 1. The van der Waals surface area contributed by atoms with Gasteiger partial charge in [-0.25, -0.2) is 14.4 Å². The van der Waals surface area contributed by atoms with Gasteiger partial charge in [0.2, 0.25) is 5.76 Å². The lowest BCUT2D eigenvalue weighted by molar-refractivity contribution is -0.329. The van der Waals surface area contributed by atoms with Crippen LogP contribution in [0.15, 0.2) is 59.4 Å². The van der Waals surface area contributed by atoms with Crippen LogP contribution in [0.1, 0.15) is 75.2 Å². The zero-order valence-corrected chi connectivity index (χ0v) is 31.9. The largest absolute Gasteiger partial charge is 0.490 e. The van der Waals surface area contributed by atoms with Crippen molar-refractivity contribution in [2.24, 2.45) is 35.5 Å². The normalized spacial score (nSPS) is 33.4. The van der Waals surface area contributed by atoms with E-state index in [1.54, 1.807) is 32.9 Å². The smallest absolute Gasteiger partial charge is 0.373 e. The zero-order chi connectivity index (χ0) is 38.8. The number of ether oxygens (including phenoxy) is 5. The van der Waals surface area contributed by atoms with Gasteiger partial charge >= 0.3 is 17.9 Å². The van der Waals surface area contributed by atoms with Crippen LogP contribution in [0.4, 0.5) is 0 Å². The molecule has 1 saturated heterocycles. The molecule has 0 saturated carbocycles. The van der Waals surface area contributed by atoms with Crippen LogP contribution in [-0.4, -0.2) is 95.0 Å². The molecule has 0 aromatic heterocycles. The molecule has 0 aromatic carbocycles. The lowest BCUT2D eigenvalue weighted by atomic mass is 9.76. The molecule has 1 fully saturated rings. The van der Waals surface area contributed by atoms with E-state index in [0.717, 1.165) is 11.6 Å². The number of methoxy groups -OCH3 is 2. The number of aliphatic carboxylic acids is 1. The summed E-state index contributed by atoms with van der Waals surface area (Å²) >= 11 is 0. The number of allylic oxidation sites excluding steroid dienone is 5. The Bertz CT molecular complexity index is 1350. The SMILES string of the molecule is COC1=CC(C)=C[C@@H](C)[C@@H](O)[C@@H](C)CC(C)=CC=C[C@H](OC)C([C@@H](C)[C@@H](O)[C@H](C)[C@@]2(O)C[C@@H](OC(=O)C=CC(=O)O)[C@H](C)[C@@H](C(C)C)O2)OC1=O. The van der Waals surface area contributed by atoms with Crippen molar-refractivity contribution < 1.29 is 58.5 Å². The van der Waals surface area contributed by atoms with E-state index < -0.39 is 72.2 Å². The monoisotopic (exact) mass is 720 g/mol. The van der Waals surface area contributed by atoms with Crippen molar-refractivity contribution in [3.63, 3.8) is 0 Å². The molecule has 0 aromatic rings. The summed E-state index contributed by atoms with van der Waals surface area (Å²) in [5.74, 6) is -7.68. The van der Waals surface area contributed by atoms with Gasteiger partial charge in [-0.3, -0.25) is 0 Å². The second kappa shape index (κ2) is 19.5. The Labute approximate surface area is 302 Å². The van der Waals surface area contributed by atoms with E-state index in [-0.39, 0.29) is 35.9 Å². The minimum absolute atomic E-state index is 0.0458. The predicted molar refractivity (Wildman–Crippen MR) is 191 cm³/mol. The van der Waals surface area contributed by atoms with Crippen LogP contribution in [0.2, 0.25) is 0 Å². The van der Waals surface area contributed by atoms with Crippen molar-refractivity contribution in [1.29, 1.82) is 0 Å². The number of hydrogen-bond donors (Lipinski definition) is 4. The number of rotatable bonds is 10. The highest BCUT2D eigenvalue weighted by Gasteiger charge is 2.53. The van der Waals surface area contributed by atoms with E-state index >= 15 is 0 Å². The van der Waals surface area contributed by atoms with Crippen LogP contribution >= 0.6 is 0 Å². The Morgan fingerprint density at radius 3 is 2.27 bits per heavy atom. The average Bonchev–Trinajstić information content (AvgIpc) is 3.06. The summed E-state index contributed by atoms with van der Waals surface area (Å²) in [6, 6.07) is 0. The van der Waals surface area contributed by atoms with E-state index in [4.69, 9.17) is 28.8 Å². The van der Waals surface area contributed by atoms with E-state index in [2.05, 4.69) is 0 Å². The van der Waals surface area contributed by atoms with E-state index in [9.17, 15) is 29.7 Å². The third-order valence-corrected chi connectivity index (χ3v) is 10.1. The van der Waals surface area contributed by atoms with Crippen molar-refractivity contribution in [1.82, 2.24) is 0 Å². The number of carboxylic acids is 1. The Balaban J connectivity index is 2.55.